The van der Waals surface area contributed by atoms with Gasteiger partial charge in [-0.15, -0.1) is 0 Å². The molecule has 1 aromatic carbocycles. The fourth-order valence-electron chi connectivity index (χ4n) is 2.51. The fourth-order valence-corrected chi connectivity index (χ4v) is 2.51. The molecule has 1 aliphatic rings. The molecule has 2 rings (SSSR count). The van der Waals surface area contributed by atoms with E-state index in [9.17, 15) is 14.4 Å². The van der Waals surface area contributed by atoms with Crippen LogP contribution in [-0.2, 0) is 16.1 Å². The summed E-state index contributed by atoms with van der Waals surface area (Å²) in [5.41, 5.74) is 2.61. The third-order valence-electron chi connectivity index (χ3n) is 3.58. The quantitative estimate of drug-likeness (QED) is 0.816. The van der Waals surface area contributed by atoms with Gasteiger partial charge in [-0.05, 0) is 25.0 Å². The second-order valence-electron chi connectivity index (χ2n) is 4.97. The molecule has 0 aliphatic carbocycles. The van der Waals surface area contributed by atoms with E-state index in [0.29, 0.717) is 18.5 Å². The lowest BCUT2D eigenvalue weighted by Crippen LogP contribution is -2.46. The number of likely N-dealkylation sites (N-methyl/N-ethyl adjacent to an activating group) is 1. The zero-order chi connectivity index (χ0) is 14.7. The highest BCUT2D eigenvalue weighted by Gasteiger charge is 2.35. The Morgan fingerprint density at radius 2 is 2.25 bits per heavy atom. The van der Waals surface area contributed by atoms with E-state index in [0.717, 1.165) is 17.4 Å². The van der Waals surface area contributed by atoms with Crippen molar-refractivity contribution in [2.75, 3.05) is 7.05 Å². The van der Waals surface area contributed by atoms with Crippen molar-refractivity contribution in [2.24, 2.45) is 0 Å². The second kappa shape index (κ2) is 5.86. The summed E-state index contributed by atoms with van der Waals surface area (Å²) < 4.78 is 0. The van der Waals surface area contributed by atoms with Crippen molar-refractivity contribution in [3.8, 4) is 0 Å². The van der Waals surface area contributed by atoms with Gasteiger partial charge in [0, 0.05) is 25.6 Å². The molecule has 5 heteroatoms. The van der Waals surface area contributed by atoms with Crippen molar-refractivity contribution in [1.82, 2.24) is 10.2 Å². The van der Waals surface area contributed by atoms with E-state index in [4.69, 9.17) is 0 Å². The van der Waals surface area contributed by atoms with Crippen molar-refractivity contribution in [3.63, 3.8) is 0 Å². The number of nitrogens with zero attached hydrogens (tertiary/aromatic N) is 1. The molecule has 0 radical (unpaired) electrons. The number of benzene rings is 1. The summed E-state index contributed by atoms with van der Waals surface area (Å²) in [7, 11) is 1.54. The van der Waals surface area contributed by atoms with Gasteiger partial charge in [0.25, 0.3) is 5.91 Å². The summed E-state index contributed by atoms with van der Waals surface area (Å²) in [5.74, 6) is -0.368. The minimum absolute atomic E-state index is 0.136. The molecule has 0 aromatic heterocycles. The number of amides is 2. The van der Waals surface area contributed by atoms with Gasteiger partial charge in [0.1, 0.15) is 12.3 Å². The number of nitrogens with one attached hydrogen (secondary N) is 1. The predicted octanol–water partition coefficient (Wildman–Crippen LogP) is 1.04. The van der Waals surface area contributed by atoms with Gasteiger partial charge in [-0.25, -0.2) is 0 Å². The summed E-state index contributed by atoms with van der Waals surface area (Å²) in [6.07, 6.45) is 1.38. The number of fused-ring (bicyclic) bond motifs is 1. The third-order valence-corrected chi connectivity index (χ3v) is 3.58. The van der Waals surface area contributed by atoms with Crippen LogP contribution in [0.3, 0.4) is 0 Å². The molecule has 0 saturated heterocycles. The molecular formula is C15H18N2O3. The standard InChI is InChI=1S/C15H18N2O3/c1-10-5-6-11-9-17(15(20)12(11)8-10)13(4-3-7-18)14(19)16-2/h5-8,13H,3-4,9H2,1-2H3,(H,16,19). The average Bonchev–Trinajstić information content (AvgIpc) is 2.76. The number of carbonyl (C=O) groups is 3. The maximum Gasteiger partial charge on any atom is 0.255 e. The summed E-state index contributed by atoms with van der Waals surface area (Å²) in [5, 5.41) is 2.56. The number of rotatable bonds is 5. The molecule has 1 atom stereocenters. The van der Waals surface area contributed by atoms with Crippen LogP contribution in [-0.4, -0.2) is 36.1 Å². The van der Waals surface area contributed by atoms with E-state index >= 15 is 0 Å². The van der Waals surface area contributed by atoms with Crippen molar-refractivity contribution in [1.29, 1.82) is 0 Å². The summed E-state index contributed by atoms with van der Waals surface area (Å²) in [6.45, 7) is 2.35. The molecule has 0 bridgehead atoms. The third kappa shape index (κ3) is 2.57. The molecule has 0 spiro atoms. The largest absolute Gasteiger partial charge is 0.357 e. The van der Waals surface area contributed by atoms with Gasteiger partial charge in [-0.1, -0.05) is 17.7 Å². The predicted molar refractivity (Wildman–Crippen MR) is 74.2 cm³/mol. The lowest BCUT2D eigenvalue weighted by atomic mass is 10.1. The van der Waals surface area contributed by atoms with E-state index in [1.54, 1.807) is 4.90 Å². The average molecular weight is 274 g/mol. The molecule has 5 nitrogen and oxygen atoms in total. The zero-order valence-electron chi connectivity index (χ0n) is 11.7. The van der Waals surface area contributed by atoms with Gasteiger partial charge < -0.3 is 15.0 Å². The fraction of sp³-hybridized carbons (Fsp3) is 0.400. The van der Waals surface area contributed by atoms with E-state index in [1.807, 2.05) is 25.1 Å². The van der Waals surface area contributed by atoms with Crippen LogP contribution in [0.15, 0.2) is 18.2 Å². The number of carbonyl (C=O) groups excluding carboxylic acids is 3. The minimum Gasteiger partial charge on any atom is -0.357 e. The van der Waals surface area contributed by atoms with Gasteiger partial charge in [0.15, 0.2) is 0 Å². The van der Waals surface area contributed by atoms with Crippen LogP contribution in [0.1, 0.15) is 34.3 Å². The molecule has 20 heavy (non-hydrogen) atoms. The Bertz CT molecular complexity index is 554. The lowest BCUT2D eigenvalue weighted by molar-refractivity contribution is -0.125. The first-order chi connectivity index (χ1) is 9.58. The molecule has 0 fully saturated rings. The van der Waals surface area contributed by atoms with Crippen LogP contribution in [0.4, 0.5) is 0 Å². The Kier molecular flexibility index (Phi) is 4.17. The SMILES string of the molecule is CNC(=O)C(CCC=O)N1Cc2ccc(C)cc2C1=O. The van der Waals surface area contributed by atoms with Gasteiger partial charge in [0.05, 0.1) is 0 Å². The van der Waals surface area contributed by atoms with E-state index in [2.05, 4.69) is 5.32 Å². The first kappa shape index (κ1) is 14.2. The maximum atomic E-state index is 12.4. The molecule has 2 amide bonds. The Hall–Kier alpha value is -2.17. The minimum atomic E-state index is -0.592. The highest BCUT2D eigenvalue weighted by molar-refractivity contribution is 6.01. The first-order valence-corrected chi connectivity index (χ1v) is 6.64. The number of hydrogen-bond acceptors (Lipinski definition) is 3. The van der Waals surface area contributed by atoms with Gasteiger partial charge in [-0.3, -0.25) is 9.59 Å². The molecule has 0 saturated carbocycles. The molecule has 1 heterocycles. The number of hydrogen-bond donors (Lipinski definition) is 1. The topological polar surface area (TPSA) is 66.5 Å². The molecule has 1 unspecified atom stereocenters. The molecule has 1 N–H and O–H groups in total. The highest BCUT2D eigenvalue weighted by atomic mass is 16.2. The number of aldehydes is 1. The first-order valence-electron chi connectivity index (χ1n) is 6.64. The van der Waals surface area contributed by atoms with Crippen molar-refractivity contribution >= 4 is 18.1 Å². The van der Waals surface area contributed by atoms with E-state index in [1.165, 1.54) is 7.05 Å². The summed E-state index contributed by atoms with van der Waals surface area (Å²) >= 11 is 0. The Labute approximate surface area is 118 Å². The normalized spacial score (nSPS) is 14.9. The van der Waals surface area contributed by atoms with Crippen LogP contribution in [0.25, 0.3) is 0 Å². The lowest BCUT2D eigenvalue weighted by Gasteiger charge is -2.25. The van der Waals surface area contributed by atoms with Crippen molar-refractivity contribution < 1.29 is 14.4 Å². The molecule has 106 valence electrons. The van der Waals surface area contributed by atoms with Crippen molar-refractivity contribution in [3.05, 3.63) is 34.9 Å². The van der Waals surface area contributed by atoms with Gasteiger partial charge >= 0.3 is 0 Å². The molecule has 1 aliphatic heterocycles. The Morgan fingerprint density at radius 3 is 2.90 bits per heavy atom. The molecule has 1 aromatic rings. The summed E-state index contributed by atoms with van der Waals surface area (Å²) in [4.78, 5) is 36.5. The monoisotopic (exact) mass is 274 g/mol. The molecular weight excluding hydrogens is 256 g/mol. The van der Waals surface area contributed by atoms with E-state index in [-0.39, 0.29) is 18.2 Å². The number of aryl methyl sites for hydroxylation is 1. The second-order valence-corrected chi connectivity index (χ2v) is 4.97. The Morgan fingerprint density at radius 1 is 1.50 bits per heavy atom. The summed E-state index contributed by atoms with van der Waals surface area (Å²) in [6, 6.07) is 5.13. The zero-order valence-corrected chi connectivity index (χ0v) is 11.7. The van der Waals surface area contributed by atoms with Crippen molar-refractivity contribution in [2.45, 2.75) is 32.4 Å². The van der Waals surface area contributed by atoms with Crippen LogP contribution in [0.5, 0.6) is 0 Å². The smallest absolute Gasteiger partial charge is 0.255 e. The highest BCUT2D eigenvalue weighted by Crippen LogP contribution is 2.26. The van der Waals surface area contributed by atoms with Gasteiger partial charge in [-0.2, -0.15) is 0 Å². The Balaban J connectivity index is 2.26. The van der Waals surface area contributed by atoms with Crippen LogP contribution < -0.4 is 5.32 Å². The van der Waals surface area contributed by atoms with Gasteiger partial charge in [0.2, 0.25) is 5.91 Å². The van der Waals surface area contributed by atoms with Crippen LogP contribution in [0.2, 0.25) is 0 Å². The van der Waals surface area contributed by atoms with E-state index < -0.39 is 6.04 Å². The van der Waals surface area contributed by atoms with Crippen LogP contribution >= 0.6 is 0 Å². The van der Waals surface area contributed by atoms with Crippen LogP contribution in [0, 0.1) is 6.92 Å². The maximum absolute atomic E-state index is 12.4.